The quantitative estimate of drug-likeness (QED) is 0.641. The number of hydrogen-bond acceptors (Lipinski definition) is 4. The fraction of sp³-hybridized carbons (Fsp3) is 0.333. The molecule has 1 aromatic rings. The predicted octanol–water partition coefficient (Wildman–Crippen LogP) is 3.96. The first-order chi connectivity index (χ1) is 9.03. The third-order valence-corrected chi connectivity index (χ3v) is 3.28. The van der Waals surface area contributed by atoms with Gasteiger partial charge < -0.3 is 14.9 Å². The molecule has 1 rings (SSSR count). The van der Waals surface area contributed by atoms with E-state index in [1.165, 1.54) is 6.07 Å². The summed E-state index contributed by atoms with van der Waals surface area (Å²) in [6.45, 7) is 5.00. The fourth-order valence-corrected chi connectivity index (χ4v) is 2.68. The van der Waals surface area contributed by atoms with Crippen molar-refractivity contribution in [2.45, 2.75) is 26.4 Å². The highest BCUT2D eigenvalue weighted by Crippen LogP contribution is 2.40. The minimum atomic E-state index is -1.30. The minimum Gasteiger partial charge on any atom is -0.505 e. The van der Waals surface area contributed by atoms with Crippen molar-refractivity contribution in [2.75, 3.05) is 5.32 Å². The van der Waals surface area contributed by atoms with E-state index >= 15 is 0 Å². The number of ether oxygens (including phenoxy) is 1. The zero-order valence-electron chi connectivity index (χ0n) is 11.0. The Balaban J connectivity index is 3.23. The molecule has 0 radical (unpaired) electrons. The summed E-state index contributed by atoms with van der Waals surface area (Å²) in [4.78, 5) is 22.9. The van der Waals surface area contributed by atoms with Gasteiger partial charge in [-0.3, -0.25) is 5.32 Å². The molecule has 6 nitrogen and oxygen atoms in total. The van der Waals surface area contributed by atoms with E-state index in [0.29, 0.717) is 0 Å². The van der Waals surface area contributed by atoms with Crippen LogP contribution >= 0.6 is 31.9 Å². The lowest BCUT2D eigenvalue weighted by Crippen LogP contribution is -2.27. The molecule has 0 fully saturated rings. The van der Waals surface area contributed by atoms with Crippen LogP contribution in [0.5, 0.6) is 5.75 Å². The Kier molecular flexibility index (Phi) is 5.04. The molecule has 0 unspecified atom stereocenters. The molecule has 110 valence electrons. The molecule has 0 saturated carbocycles. The van der Waals surface area contributed by atoms with Crippen molar-refractivity contribution in [3.63, 3.8) is 0 Å². The number of aromatic carboxylic acids is 1. The second kappa shape index (κ2) is 6.01. The summed E-state index contributed by atoms with van der Waals surface area (Å²) in [5, 5.41) is 21.3. The molecular formula is C12H13Br2NO5. The lowest BCUT2D eigenvalue weighted by Gasteiger charge is -2.21. The van der Waals surface area contributed by atoms with Crippen molar-refractivity contribution in [2.24, 2.45) is 0 Å². The molecule has 3 N–H and O–H groups in total. The Morgan fingerprint density at radius 1 is 1.25 bits per heavy atom. The first-order valence-electron chi connectivity index (χ1n) is 5.47. The Bertz CT molecular complexity index is 566. The maximum atomic E-state index is 11.7. The van der Waals surface area contributed by atoms with Crippen LogP contribution in [0.15, 0.2) is 15.0 Å². The second-order valence-corrected chi connectivity index (χ2v) is 6.58. The number of aromatic hydroxyl groups is 1. The van der Waals surface area contributed by atoms with Crippen molar-refractivity contribution in [1.29, 1.82) is 0 Å². The highest BCUT2D eigenvalue weighted by atomic mass is 79.9. The first-order valence-corrected chi connectivity index (χ1v) is 7.06. The molecule has 8 heteroatoms. The number of carboxylic acids is 1. The van der Waals surface area contributed by atoms with Crippen LogP contribution in [0.1, 0.15) is 31.1 Å². The second-order valence-electron chi connectivity index (χ2n) is 4.87. The van der Waals surface area contributed by atoms with E-state index < -0.39 is 23.4 Å². The molecule has 0 aliphatic rings. The monoisotopic (exact) mass is 409 g/mol. The van der Waals surface area contributed by atoms with Gasteiger partial charge in [0.25, 0.3) is 0 Å². The normalized spacial score (nSPS) is 11.1. The van der Waals surface area contributed by atoms with Crippen LogP contribution in [-0.4, -0.2) is 27.9 Å². The van der Waals surface area contributed by atoms with Gasteiger partial charge in [0, 0.05) is 4.47 Å². The van der Waals surface area contributed by atoms with Gasteiger partial charge in [-0.1, -0.05) is 0 Å². The molecule has 0 aliphatic heterocycles. The molecule has 1 amide bonds. The van der Waals surface area contributed by atoms with Crippen molar-refractivity contribution in [3.8, 4) is 5.75 Å². The van der Waals surface area contributed by atoms with Crippen LogP contribution in [0.4, 0.5) is 10.5 Å². The Morgan fingerprint density at radius 2 is 1.80 bits per heavy atom. The number of rotatable bonds is 2. The number of carboxylic acid groups (broad SMARTS) is 1. The summed E-state index contributed by atoms with van der Waals surface area (Å²) < 4.78 is 5.47. The van der Waals surface area contributed by atoms with Gasteiger partial charge in [0.15, 0.2) is 5.75 Å². The molecule has 0 aliphatic carbocycles. The smallest absolute Gasteiger partial charge is 0.412 e. The van der Waals surface area contributed by atoms with Gasteiger partial charge in [-0.05, 0) is 58.7 Å². The maximum Gasteiger partial charge on any atom is 0.412 e. The molecule has 0 saturated heterocycles. The van der Waals surface area contributed by atoms with E-state index in [0.717, 1.165) is 0 Å². The van der Waals surface area contributed by atoms with Crippen LogP contribution < -0.4 is 5.32 Å². The summed E-state index contributed by atoms with van der Waals surface area (Å²) in [6, 6.07) is 1.37. The van der Waals surface area contributed by atoms with Crippen LogP contribution in [0.25, 0.3) is 0 Å². The molecular weight excluding hydrogens is 398 g/mol. The van der Waals surface area contributed by atoms with Crippen LogP contribution in [0.3, 0.4) is 0 Å². The molecule has 0 spiro atoms. The summed E-state index contributed by atoms with van der Waals surface area (Å²) in [5.41, 5.74) is -1.25. The van der Waals surface area contributed by atoms with Gasteiger partial charge >= 0.3 is 12.1 Å². The minimum absolute atomic E-state index is 0.209. The van der Waals surface area contributed by atoms with Gasteiger partial charge in [0.2, 0.25) is 0 Å². The van der Waals surface area contributed by atoms with E-state index in [1.807, 2.05) is 0 Å². The molecule has 0 atom stereocenters. The van der Waals surface area contributed by atoms with Crippen molar-refractivity contribution in [3.05, 3.63) is 20.6 Å². The van der Waals surface area contributed by atoms with Crippen molar-refractivity contribution in [1.82, 2.24) is 0 Å². The standard InChI is InChI=1S/C12H13Br2NO5/c1-12(2,3)20-11(19)15-8-7(10(17)18)5(13)4-6(14)9(8)16/h4,16H,1-3H3,(H,15,19)(H,17,18). The lowest BCUT2D eigenvalue weighted by molar-refractivity contribution is 0.0635. The first kappa shape index (κ1) is 16.8. The number of carbonyl (C=O) groups is 2. The number of anilines is 1. The topological polar surface area (TPSA) is 95.9 Å². The predicted molar refractivity (Wildman–Crippen MR) is 80.3 cm³/mol. The third-order valence-electron chi connectivity index (χ3n) is 2.05. The summed E-state index contributed by atoms with van der Waals surface area (Å²) >= 11 is 6.14. The molecule has 20 heavy (non-hydrogen) atoms. The number of phenols is 1. The summed E-state index contributed by atoms with van der Waals surface area (Å²) in [6.07, 6.45) is -0.861. The molecule has 0 heterocycles. The Hall–Kier alpha value is -1.28. The zero-order chi connectivity index (χ0) is 15.7. The molecule has 1 aromatic carbocycles. The zero-order valence-corrected chi connectivity index (χ0v) is 14.1. The van der Waals surface area contributed by atoms with Crippen LogP contribution in [-0.2, 0) is 4.74 Å². The average Bonchev–Trinajstić information content (AvgIpc) is 2.22. The SMILES string of the molecule is CC(C)(C)OC(=O)Nc1c(O)c(Br)cc(Br)c1C(=O)O. The number of hydrogen-bond donors (Lipinski definition) is 3. The third kappa shape index (κ3) is 4.11. The lowest BCUT2D eigenvalue weighted by atomic mass is 10.1. The van der Waals surface area contributed by atoms with Crippen LogP contribution in [0.2, 0.25) is 0 Å². The van der Waals surface area contributed by atoms with E-state index in [9.17, 15) is 14.7 Å². The van der Waals surface area contributed by atoms with Gasteiger partial charge in [-0.2, -0.15) is 0 Å². The van der Waals surface area contributed by atoms with Gasteiger partial charge in [0.1, 0.15) is 16.9 Å². The Labute approximate surface area is 132 Å². The highest BCUT2D eigenvalue weighted by Gasteiger charge is 2.24. The Morgan fingerprint density at radius 3 is 2.25 bits per heavy atom. The summed E-state index contributed by atoms with van der Waals surface area (Å²) in [7, 11) is 0. The number of benzene rings is 1. The van der Waals surface area contributed by atoms with Crippen molar-refractivity contribution < 1.29 is 24.5 Å². The van der Waals surface area contributed by atoms with Gasteiger partial charge in [-0.25, -0.2) is 9.59 Å². The number of nitrogens with one attached hydrogen (secondary N) is 1. The van der Waals surface area contributed by atoms with E-state index in [-0.39, 0.29) is 20.2 Å². The number of amides is 1. The highest BCUT2D eigenvalue weighted by molar-refractivity contribution is 9.11. The number of halogens is 2. The largest absolute Gasteiger partial charge is 0.505 e. The van der Waals surface area contributed by atoms with E-state index in [1.54, 1.807) is 20.8 Å². The van der Waals surface area contributed by atoms with Crippen LogP contribution in [0, 0.1) is 0 Å². The number of carbonyl (C=O) groups excluding carboxylic acids is 1. The summed E-state index contributed by atoms with van der Waals surface area (Å²) in [5.74, 6) is -1.69. The fourth-order valence-electron chi connectivity index (χ4n) is 1.35. The van der Waals surface area contributed by atoms with E-state index in [2.05, 4.69) is 37.2 Å². The molecule has 0 bridgehead atoms. The van der Waals surface area contributed by atoms with Gasteiger partial charge in [0.05, 0.1) is 4.47 Å². The van der Waals surface area contributed by atoms with Gasteiger partial charge in [-0.15, -0.1) is 0 Å². The van der Waals surface area contributed by atoms with E-state index in [4.69, 9.17) is 9.84 Å². The number of phenolic OH excluding ortho intramolecular Hbond substituents is 1. The average molecular weight is 411 g/mol. The molecule has 0 aromatic heterocycles. The van der Waals surface area contributed by atoms with Crippen molar-refractivity contribution >= 4 is 49.6 Å². The maximum absolute atomic E-state index is 11.7.